The van der Waals surface area contributed by atoms with Crippen molar-refractivity contribution >= 4 is 22.6 Å². The lowest BCUT2D eigenvalue weighted by Gasteiger charge is -2.07. The number of hydrogen-bond acceptors (Lipinski definition) is 2. The number of hydrogen-bond donors (Lipinski definition) is 0. The average molecular weight is 330 g/mol. The van der Waals surface area contributed by atoms with Gasteiger partial charge in [0.05, 0.1) is 22.1 Å². The number of unbranched alkanes of at least 4 members (excludes halogenated alkanes) is 1. The van der Waals surface area contributed by atoms with Crippen LogP contribution in [0.2, 0.25) is 0 Å². The molecular weight excluding hydrogens is 317 g/mol. The molecule has 0 fully saturated rings. The largest absolute Gasteiger partial charge is 0.375 e. The zero-order valence-corrected chi connectivity index (χ0v) is 10.6. The van der Waals surface area contributed by atoms with E-state index in [-0.39, 0.29) is 6.61 Å². The first-order chi connectivity index (χ1) is 7.16. The zero-order valence-electron chi connectivity index (χ0n) is 8.42. The van der Waals surface area contributed by atoms with Gasteiger partial charge in [0, 0.05) is 6.61 Å². The zero-order chi connectivity index (χ0) is 11.3. The summed E-state index contributed by atoms with van der Waals surface area (Å²) in [5, 5.41) is 3.59. The summed E-state index contributed by atoms with van der Waals surface area (Å²) in [5.41, 5.74) is 0.446. The minimum absolute atomic E-state index is 0.197. The first kappa shape index (κ1) is 12.8. The number of rotatable bonds is 6. The predicted molar refractivity (Wildman–Crippen MR) is 60.8 cm³/mol. The van der Waals surface area contributed by atoms with Crippen molar-refractivity contribution in [1.29, 1.82) is 0 Å². The van der Waals surface area contributed by atoms with Crippen molar-refractivity contribution in [3.05, 3.63) is 15.5 Å². The number of halogens is 3. The molecule has 86 valence electrons. The Labute approximate surface area is 101 Å². The third-order valence-electron chi connectivity index (χ3n) is 1.91. The van der Waals surface area contributed by atoms with Crippen LogP contribution in [0.25, 0.3) is 0 Å². The minimum Gasteiger partial charge on any atom is -0.375 e. The molecule has 0 aliphatic carbocycles. The van der Waals surface area contributed by atoms with Crippen LogP contribution in [-0.2, 0) is 11.3 Å². The molecule has 0 bridgehead atoms. The van der Waals surface area contributed by atoms with E-state index in [1.165, 1.54) is 6.20 Å². The second kappa shape index (κ2) is 6.37. The normalized spacial score (nSPS) is 11.3. The molecule has 0 atom stereocenters. The third kappa shape index (κ3) is 3.67. The molecule has 1 aromatic rings. The maximum absolute atomic E-state index is 12.5. The Morgan fingerprint density at radius 2 is 2.33 bits per heavy atom. The van der Waals surface area contributed by atoms with Crippen molar-refractivity contribution in [2.24, 2.45) is 0 Å². The van der Waals surface area contributed by atoms with E-state index in [0.717, 1.165) is 12.8 Å². The van der Waals surface area contributed by atoms with Crippen LogP contribution in [0.1, 0.15) is 32.0 Å². The lowest BCUT2D eigenvalue weighted by molar-refractivity contribution is 0.0407. The number of nitrogens with zero attached hydrogens (tertiary/aromatic N) is 2. The fourth-order valence-corrected chi connectivity index (χ4v) is 1.61. The molecule has 1 rings (SSSR count). The van der Waals surface area contributed by atoms with Crippen molar-refractivity contribution in [2.75, 3.05) is 6.61 Å². The van der Waals surface area contributed by atoms with Crippen LogP contribution in [-0.4, -0.2) is 16.4 Å². The van der Waals surface area contributed by atoms with E-state index in [1.807, 2.05) is 22.6 Å². The van der Waals surface area contributed by atoms with Gasteiger partial charge in [-0.25, -0.2) is 4.68 Å². The molecule has 0 unspecified atom stereocenters. The fourth-order valence-electron chi connectivity index (χ4n) is 1.09. The molecule has 15 heavy (non-hydrogen) atoms. The minimum atomic E-state index is -2.60. The van der Waals surface area contributed by atoms with Gasteiger partial charge in [-0.1, -0.05) is 13.3 Å². The van der Waals surface area contributed by atoms with Crippen LogP contribution >= 0.6 is 22.6 Å². The van der Waals surface area contributed by atoms with Crippen LogP contribution in [0.3, 0.4) is 0 Å². The first-order valence-corrected chi connectivity index (χ1v) is 5.82. The molecule has 0 N–H and O–H groups in total. The summed E-state index contributed by atoms with van der Waals surface area (Å²) in [6.45, 7) is 0.249. The van der Waals surface area contributed by atoms with Gasteiger partial charge in [0.15, 0.2) is 0 Å². The summed E-state index contributed by atoms with van der Waals surface area (Å²) >= 11 is 1.98. The first-order valence-electron chi connectivity index (χ1n) is 4.74. The van der Waals surface area contributed by atoms with Crippen molar-refractivity contribution < 1.29 is 13.5 Å². The molecule has 3 nitrogen and oxygen atoms in total. The molecule has 0 saturated carbocycles. The predicted octanol–water partition coefficient (Wildman–Crippen LogP) is 3.20. The van der Waals surface area contributed by atoms with E-state index in [1.54, 1.807) is 0 Å². The molecule has 0 aromatic carbocycles. The maximum atomic E-state index is 12.5. The summed E-state index contributed by atoms with van der Waals surface area (Å²) in [5.74, 6) is 0. The van der Waals surface area contributed by atoms with E-state index in [2.05, 4.69) is 12.0 Å². The van der Waals surface area contributed by atoms with E-state index in [0.29, 0.717) is 20.6 Å². The van der Waals surface area contributed by atoms with Gasteiger partial charge in [0.1, 0.15) is 0 Å². The summed E-state index contributed by atoms with van der Waals surface area (Å²) in [7, 11) is 0. The number of ether oxygens (including phenoxy) is 1. The Bertz CT molecular complexity index is 304. The fraction of sp³-hybridized carbons (Fsp3) is 0.667. The lowest BCUT2D eigenvalue weighted by Crippen LogP contribution is -2.08. The lowest BCUT2D eigenvalue weighted by atomic mass is 10.4. The number of aromatic nitrogens is 2. The Balaban J connectivity index is 2.54. The molecule has 6 heteroatoms. The van der Waals surface area contributed by atoms with E-state index in [4.69, 9.17) is 4.74 Å². The Hall–Kier alpha value is -0.240. The van der Waals surface area contributed by atoms with Crippen LogP contribution in [0.15, 0.2) is 6.20 Å². The Morgan fingerprint density at radius 1 is 1.60 bits per heavy atom. The van der Waals surface area contributed by atoms with E-state index >= 15 is 0 Å². The van der Waals surface area contributed by atoms with Crippen molar-refractivity contribution in [1.82, 2.24) is 9.78 Å². The SMILES string of the molecule is CCCCOCc1c(I)cnn1C(F)F. The highest BCUT2D eigenvalue weighted by Gasteiger charge is 2.15. The summed E-state index contributed by atoms with van der Waals surface area (Å²) < 4.78 is 31.6. The van der Waals surface area contributed by atoms with Crippen LogP contribution < -0.4 is 0 Å². The molecule has 0 spiro atoms. The van der Waals surface area contributed by atoms with Crippen LogP contribution in [0.5, 0.6) is 0 Å². The van der Waals surface area contributed by atoms with E-state index in [9.17, 15) is 8.78 Å². The summed E-state index contributed by atoms with van der Waals surface area (Å²) in [6, 6.07) is 0. The van der Waals surface area contributed by atoms with Crippen molar-refractivity contribution in [3.63, 3.8) is 0 Å². The average Bonchev–Trinajstić information content (AvgIpc) is 2.55. The summed E-state index contributed by atoms with van der Waals surface area (Å²) in [4.78, 5) is 0. The molecule has 0 saturated heterocycles. The van der Waals surface area contributed by atoms with Gasteiger partial charge in [0.2, 0.25) is 0 Å². The van der Waals surface area contributed by atoms with Gasteiger partial charge in [-0.05, 0) is 29.0 Å². The van der Waals surface area contributed by atoms with Gasteiger partial charge in [-0.3, -0.25) is 0 Å². The molecule has 0 aliphatic heterocycles. The Kier molecular flexibility index (Phi) is 5.44. The topological polar surface area (TPSA) is 27.1 Å². The van der Waals surface area contributed by atoms with Crippen LogP contribution in [0.4, 0.5) is 8.78 Å². The summed E-state index contributed by atoms with van der Waals surface area (Å²) in [6.07, 6.45) is 3.40. The van der Waals surface area contributed by atoms with Crippen molar-refractivity contribution in [2.45, 2.75) is 32.9 Å². The molecular formula is C9H13F2IN2O. The van der Waals surface area contributed by atoms with Gasteiger partial charge in [-0.2, -0.15) is 13.9 Å². The molecule has 1 aromatic heterocycles. The quantitative estimate of drug-likeness (QED) is 0.592. The van der Waals surface area contributed by atoms with Gasteiger partial charge in [0.25, 0.3) is 0 Å². The van der Waals surface area contributed by atoms with Crippen molar-refractivity contribution in [3.8, 4) is 0 Å². The number of alkyl halides is 2. The van der Waals surface area contributed by atoms with Gasteiger partial charge < -0.3 is 4.74 Å². The third-order valence-corrected chi connectivity index (χ3v) is 2.81. The molecule has 0 radical (unpaired) electrons. The second-order valence-electron chi connectivity index (χ2n) is 3.07. The molecule has 0 aliphatic rings. The van der Waals surface area contributed by atoms with Crippen LogP contribution in [0, 0.1) is 3.57 Å². The highest BCUT2D eigenvalue weighted by atomic mass is 127. The smallest absolute Gasteiger partial charge is 0.333 e. The van der Waals surface area contributed by atoms with Gasteiger partial charge >= 0.3 is 6.55 Å². The highest BCUT2D eigenvalue weighted by molar-refractivity contribution is 14.1. The standard InChI is InChI=1S/C9H13F2IN2O/c1-2-3-4-15-6-8-7(12)5-13-14(8)9(10)11/h5,9H,2-4,6H2,1H3. The van der Waals surface area contributed by atoms with E-state index < -0.39 is 6.55 Å². The second-order valence-corrected chi connectivity index (χ2v) is 4.23. The van der Waals surface area contributed by atoms with Gasteiger partial charge in [-0.15, -0.1) is 0 Å². The molecule has 1 heterocycles. The Morgan fingerprint density at radius 3 is 2.93 bits per heavy atom. The highest BCUT2D eigenvalue weighted by Crippen LogP contribution is 2.18. The monoisotopic (exact) mass is 330 g/mol. The maximum Gasteiger partial charge on any atom is 0.333 e. The molecule has 0 amide bonds.